The number of aromatic amines is 1. The van der Waals surface area contributed by atoms with Gasteiger partial charge in [-0.1, -0.05) is 13.8 Å². The number of hydrogen-bond acceptors (Lipinski definition) is 3. The molecule has 7 heteroatoms. The second kappa shape index (κ2) is 7.59. The smallest absolute Gasteiger partial charge is 0.251 e. The highest BCUT2D eigenvalue weighted by atomic mass is 32.2. The molecule has 1 fully saturated rings. The number of anilines is 1. The van der Waals surface area contributed by atoms with Gasteiger partial charge < -0.3 is 9.80 Å². The molecule has 0 unspecified atom stereocenters. The Morgan fingerprint density at radius 1 is 1.26 bits per heavy atom. The van der Waals surface area contributed by atoms with Crippen molar-refractivity contribution in [2.45, 2.75) is 38.6 Å². The van der Waals surface area contributed by atoms with Crippen molar-refractivity contribution in [3.63, 3.8) is 0 Å². The summed E-state index contributed by atoms with van der Waals surface area (Å²) in [4.78, 5) is 7.11. The maximum absolute atomic E-state index is 12.9. The van der Waals surface area contributed by atoms with Gasteiger partial charge in [-0.05, 0) is 13.8 Å². The van der Waals surface area contributed by atoms with Crippen molar-refractivity contribution >= 4 is 15.7 Å². The topological polar surface area (TPSA) is 59.2 Å². The summed E-state index contributed by atoms with van der Waals surface area (Å²) in [6, 6.07) is 2.50. The largest absolute Gasteiger partial charge is 0.359 e. The molecule has 1 aromatic heterocycles. The first kappa shape index (κ1) is 18.2. The van der Waals surface area contributed by atoms with Crippen LogP contribution < -0.4 is 14.8 Å². The monoisotopic (exact) mass is 342 g/mol. The number of pyridine rings is 1. The van der Waals surface area contributed by atoms with Crippen molar-refractivity contribution in [3.05, 3.63) is 18.5 Å². The van der Waals surface area contributed by atoms with Crippen molar-refractivity contribution in [2.24, 2.45) is 0 Å². The fourth-order valence-corrected chi connectivity index (χ4v) is 4.83. The molecule has 0 atom stereocenters. The van der Waals surface area contributed by atoms with Gasteiger partial charge in [0.25, 0.3) is 10.0 Å². The van der Waals surface area contributed by atoms with Crippen molar-refractivity contribution < 1.29 is 18.3 Å². The van der Waals surface area contributed by atoms with Crippen LogP contribution in [0.25, 0.3) is 0 Å². The average molecular weight is 343 g/mol. The summed E-state index contributed by atoms with van der Waals surface area (Å²) in [5.41, 5.74) is 0.818. The van der Waals surface area contributed by atoms with Gasteiger partial charge in [0.1, 0.15) is 0 Å². The Hall–Kier alpha value is -1.18. The van der Waals surface area contributed by atoms with E-state index in [2.05, 4.69) is 23.7 Å². The predicted octanol–water partition coefficient (Wildman–Crippen LogP) is -0.355. The molecule has 0 radical (unpaired) electrons. The Morgan fingerprint density at radius 2 is 1.87 bits per heavy atom. The second-order valence-corrected chi connectivity index (χ2v) is 8.19. The summed E-state index contributed by atoms with van der Waals surface area (Å²) in [6.45, 7) is 13.0. The lowest BCUT2D eigenvalue weighted by Gasteiger charge is -2.36. The van der Waals surface area contributed by atoms with Crippen LogP contribution in [0.4, 0.5) is 5.69 Å². The molecule has 6 nitrogen and oxygen atoms in total. The van der Waals surface area contributed by atoms with Gasteiger partial charge in [0.05, 0.1) is 37.9 Å². The van der Waals surface area contributed by atoms with Gasteiger partial charge in [-0.25, -0.2) is 13.4 Å². The van der Waals surface area contributed by atoms with Gasteiger partial charge in [-0.3, -0.25) is 0 Å². The van der Waals surface area contributed by atoms with E-state index in [-0.39, 0.29) is 0 Å². The van der Waals surface area contributed by atoms with Gasteiger partial charge in [-0.15, -0.1) is 0 Å². The third kappa shape index (κ3) is 3.84. The van der Waals surface area contributed by atoms with Crippen molar-refractivity contribution in [1.29, 1.82) is 0 Å². The van der Waals surface area contributed by atoms with Gasteiger partial charge in [-0.2, -0.15) is 4.31 Å². The van der Waals surface area contributed by atoms with Crippen LogP contribution in [0.1, 0.15) is 27.7 Å². The van der Waals surface area contributed by atoms with Crippen molar-refractivity contribution in [1.82, 2.24) is 4.31 Å². The van der Waals surface area contributed by atoms with Crippen LogP contribution in [0.15, 0.2) is 23.4 Å². The molecule has 2 rings (SSSR count). The number of nitrogens with one attached hydrogen (secondary N) is 2. The molecule has 0 spiro atoms. The minimum Gasteiger partial charge on any atom is -0.359 e. The number of piperazine rings is 1. The highest BCUT2D eigenvalue weighted by Gasteiger charge is 2.31. The predicted molar refractivity (Wildman–Crippen MR) is 91.2 cm³/mol. The molecule has 0 saturated carbocycles. The lowest BCUT2D eigenvalue weighted by atomic mass is 10.2. The normalized spacial score (nSPS) is 17.2. The molecule has 0 aliphatic carbocycles. The second-order valence-electron chi connectivity index (χ2n) is 6.28. The Morgan fingerprint density at radius 3 is 2.39 bits per heavy atom. The third-order valence-electron chi connectivity index (χ3n) is 4.69. The molecule has 0 bridgehead atoms. The van der Waals surface area contributed by atoms with Gasteiger partial charge in [0.2, 0.25) is 0 Å². The standard InChI is InChI=1S/C16H28N4O2S/c1-5-20(6-2)23(21,22)16-13-17-8-7-15(16)19-11-9-18(10-12-19)14(3)4/h7-8,13-14H,5-6,9-12H2,1-4H3/p+2. The van der Waals surface area contributed by atoms with Gasteiger partial charge >= 0.3 is 0 Å². The summed E-state index contributed by atoms with van der Waals surface area (Å²) < 4.78 is 27.3. The molecular weight excluding hydrogens is 312 g/mol. The zero-order chi connectivity index (χ0) is 17.0. The van der Waals surface area contributed by atoms with Crippen LogP contribution in [0, 0.1) is 0 Å². The van der Waals surface area contributed by atoms with Crippen molar-refractivity contribution in [2.75, 3.05) is 44.2 Å². The quantitative estimate of drug-likeness (QED) is 0.768. The van der Waals surface area contributed by atoms with E-state index >= 15 is 0 Å². The van der Waals surface area contributed by atoms with Gasteiger partial charge in [0, 0.05) is 19.2 Å². The molecule has 1 aliphatic rings. The number of H-pyrrole nitrogens is 1. The van der Waals surface area contributed by atoms with E-state index in [9.17, 15) is 8.42 Å². The SMILES string of the molecule is CCN(CC)S(=O)(=O)c1c[nH+]ccc1N1CC[NH+](C(C)C)CC1. The fourth-order valence-electron chi connectivity index (χ4n) is 3.19. The van der Waals surface area contributed by atoms with Crippen LogP contribution in [-0.4, -0.2) is 58.0 Å². The Kier molecular flexibility index (Phi) is 6.00. The summed E-state index contributed by atoms with van der Waals surface area (Å²) in [5, 5.41) is 0. The highest BCUT2D eigenvalue weighted by molar-refractivity contribution is 7.89. The minimum atomic E-state index is -3.46. The van der Waals surface area contributed by atoms with Crippen LogP contribution in [-0.2, 0) is 10.0 Å². The van der Waals surface area contributed by atoms with Gasteiger partial charge in [0.15, 0.2) is 17.3 Å². The summed E-state index contributed by atoms with van der Waals surface area (Å²) in [6.07, 6.45) is 3.42. The fraction of sp³-hybridized carbons (Fsp3) is 0.688. The molecule has 1 saturated heterocycles. The molecule has 0 amide bonds. The summed E-state index contributed by atoms with van der Waals surface area (Å²) in [5.74, 6) is 0. The van der Waals surface area contributed by atoms with E-state index in [1.165, 1.54) is 4.31 Å². The van der Waals surface area contributed by atoms with Crippen LogP contribution >= 0.6 is 0 Å². The number of hydrogen-bond donors (Lipinski definition) is 1. The molecule has 2 heterocycles. The minimum absolute atomic E-state index is 0.386. The van der Waals surface area contributed by atoms with E-state index in [1.807, 2.05) is 19.9 Å². The molecule has 1 aliphatic heterocycles. The highest BCUT2D eigenvalue weighted by Crippen LogP contribution is 2.26. The Labute approximate surface area is 140 Å². The molecule has 23 heavy (non-hydrogen) atoms. The Bertz CT molecular complexity index is 606. The van der Waals surface area contributed by atoms with E-state index in [1.54, 1.807) is 17.3 Å². The lowest BCUT2D eigenvalue weighted by Crippen LogP contribution is -3.17. The van der Waals surface area contributed by atoms with Crippen molar-refractivity contribution in [3.8, 4) is 0 Å². The number of rotatable bonds is 6. The van der Waals surface area contributed by atoms with Crippen LogP contribution in [0.2, 0.25) is 0 Å². The summed E-state index contributed by atoms with van der Waals surface area (Å²) >= 11 is 0. The molecule has 1 aromatic rings. The molecular formula is C16H30N4O2S+2. The van der Waals surface area contributed by atoms with E-state index < -0.39 is 10.0 Å². The van der Waals surface area contributed by atoms with E-state index in [4.69, 9.17) is 0 Å². The lowest BCUT2D eigenvalue weighted by molar-refractivity contribution is -0.921. The average Bonchev–Trinajstić information content (AvgIpc) is 2.56. The third-order valence-corrected chi connectivity index (χ3v) is 6.77. The number of nitrogens with zero attached hydrogens (tertiary/aromatic N) is 2. The van der Waals surface area contributed by atoms with E-state index in [0.717, 1.165) is 31.9 Å². The number of aromatic nitrogens is 1. The molecule has 130 valence electrons. The zero-order valence-corrected chi connectivity index (χ0v) is 15.5. The van der Waals surface area contributed by atoms with E-state index in [0.29, 0.717) is 24.0 Å². The van der Waals surface area contributed by atoms with Crippen LogP contribution in [0.5, 0.6) is 0 Å². The molecule has 0 aromatic carbocycles. The zero-order valence-electron chi connectivity index (χ0n) is 14.7. The molecule has 2 N–H and O–H groups in total. The summed E-state index contributed by atoms with van der Waals surface area (Å²) in [7, 11) is -3.46. The first-order valence-corrected chi connectivity index (χ1v) is 9.95. The number of sulfonamides is 1. The maximum Gasteiger partial charge on any atom is 0.251 e. The first-order chi connectivity index (χ1) is 10.9. The number of quaternary nitrogens is 1. The maximum atomic E-state index is 12.9. The first-order valence-electron chi connectivity index (χ1n) is 8.51. The van der Waals surface area contributed by atoms with Crippen LogP contribution in [0.3, 0.4) is 0 Å². The Balaban J connectivity index is 2.29.